The molecule has 0 aliphatic carbocycles. The second kappa shape index (κ2) is 7.44. The lowest BCUT2D eigenvalue weighted by molar-refractivity contribution is 0.186. The summed E-state index contributed by atoms with van der Waals surface area (Å²) < 4.78 is 0. The Morgan fingerprint density at radius 3 is 2.45 bits per heavy atom. The first kappa shape index (κ1) is 17.5. The highest BCUT2D eigenvalue weighted by atomic mass is 35.5. The Morgan fingerprint density at radius 2 is 1.95 bits per heavy atom. The molecule has 0 radical (unpaired) electrons. The van der Waals surface area contributed by atoms with E-state index in [0.717, 1.165) is 24.5 Å². The predicted molar refractivity (Wildman–Crippen MR) is 89.1 cm³/mol. The molecule has 2 atom stereocenters. The minimum atomic E-state index is 0.324. The first-order valence-corrected chi connectivity index (χ1v) is 7.76. The summed E-state index contributed by atoms with van der Waals surface area (Å²) in [4.78, 5) is 2.37. The van der Waals surface area contributed by atoms with Gasteiger partial charge in [-0.25, -0.2) is 0 Å². The molecule has 0 spiro atoms. The van der Waals surface area contributed by atoms with E-state index in [0.29, 0.717) is 17.4 Å². The van der Waals surface area contributed by atoms with E-state index in [4.69, 9.17) is 17.3 Å². The van der Waals surface area contributed by atoms with Crippen LogP contribution in [0.15, 0.2) is 24.3 Å². The summed E-state index contributed by atoms with van der Waals surface area (Å²) in [5.74, 6) is 0.529. The molecule has 2 N–H and O–H groups in total. The second-order valence-corrected chi connectivity index (χ2v) is 7.47. The number of rotatable bonds is 6. The Kier molecular flexibility index (Phi) is 6.50. The van der Waals surface area contributed by atoms with Crippen molar-refractivity contribution in [3.63, 3.8) is 0 Å². The third-order valence-electron chi connectivity index (χ3n) is 3.77. The average Bonchev–Trinajstić information content (AvgIpc) is 2.35. The number of hydrogen-bond donors (Lipinski definition) is 1. The van der Waals surface area contributed by atoms with E-state index < -0.39 is 0 Å². The molecular weight excluding hydrogens is 268 g/mol. The van der Waals surface area contributed by atoms with E-state index in [-0.39, 0.29) is 0 Å². The number of halogens is 1. The van der Waals surface area contributed by atoms with Crippen LogP contribution in [0.1, 0.15) is 45.7 Å². The van der Waals surface area contributed by atoms with E-state index in [1.165, 1.54) is 5.56 Å². The average molecular weight is 297 g/mol. The molecule has 0 amide bonds. The molecule has 2 nitrogen and oxygen atoms in total. The maximum Gasteiger partial charge on any atom is 0.0409 e. The number of nitrogens with zero attached hydrogens (tertiary/aromatic N) is 1. The van der Waals surface area contributed by atoms with Gasteiger partial charge in [0.25, 0.3) is 0 Å². The number of nitrogens with two attached hydrogens (primary N) is 1. The Labute approximate surface area is 129 Å². The van der Waals surface area contributed by atoms with Crippen LogP contribution >= 0.6 is 11.6 Å². The van der Waals surface area contributed by atoms with Crippen LogP contribution < -0.4 is 5.73 Å². The van der Waals surface area contributed by atoms with Gasteiger partial charge in [0.2, 0.25) is 0 Å². The topological polar surface area (TPSA) is 29.3 Å². The predicted octanol–water partition coefficient (Wildman–Crippen LogP) is 4.34. The van der Waals surface area contributed by atoms with Crippen LogP contribution in [0.5, 0.6) is 0 Å². The Hall–Kier alpha value is -0.570. The molecule has 0 bridgehead atoms. The monoisotopic (exact) mass is 296 g/mol. The van der Waals surface area contributed by atoms with Gasteiger partial charge in [-0.3, -0.25) is 4.90 Å². The van der Waals surface area contributed by atoms with Gasteiger partial charge in [0.1, 0.15) is 0 Å². The summed E-state index contributed by atoms with van der Waals surface area (Å²) in [6.07, 6.45) is 1.15. The minimum absolute atomic E-state index is 0.324. The van der Waals surface area contributed by atoms with Crippen molar-refractivity contribution < 1.29 is 0 Å². The maximum atomic E-state index is 6.08. The van der Waals surface area contributed by atoms with Gasteiger partial charge in [-0.15, -0.1) is 0 Å². The van der Waals surface area contributed by atoms with Crippen LogP contribution in [0.3, 0.4) is 0 Å². The molecule has 0 saturated heterocycles. The maximum absolute atomic E-state index is 6.08. The Morgan fingerprint density at radius 1 is 1.30 bits per heavy atom. The molecule has 114 valence electrons. The fourth-order valence-corrected chi connectivity index (χ4v) is 2.87. The smallest absolute Gasteiger partial charge is 0.0409 e. The van der Waals surface area contributed by atoms with Gasteiger partial charge in [-0.05, 0) is 56.0 Å². The summed E-state index contributed by atoms with van der Waals surface area (Å²) in [6, 6.07) is 8.46. The van der Waals surface area contributed by atoms with Gasteiger partial charge < -0.3 is 5.73 Å². The molecule has 3 heteroatoms. The first-order chi connectivity index (χ1) is 9.23. The van der Waals surface area contributed by atoms with Crippen LogP contribution in [0.4, 0.5) is 0 Å². The molecule has 0 aliphatic heterocycles. The molecule has 20 heavy (non-hydrogen) atoms. The quantitative estimate of drug-likeness (QED) is 0.846. The van der Waals surface area contributed by atoms with E-state index >= 15 is 0 Å². The molecule has 1 aromatic carbocycles. The lowest BCUT2D eigenvalue weighted by Gasteiger charge is -2.32. The van der Waals surface area contributed by atoms with Crippen LogP contribution in [0, 0.1) is 11.3 Å². The highest BCUT2D eigenvalue weighted by Gasteiger charge is 2.21. The highest BCUT2D eigenvalue weighted by Crippen LogP contribution is 2.27. The first-order valence-electron chi connectivity index (χ1n) is 7.38. The third-order valence-corrected chi connectivity index (χ3v) is 4.01. The summed E-state index contributed by atoms with van der Waals surface area (Å²) in [5, 5.41) is 0.799. The second-order valence-electron chi connectivity index (χ2n) is 7.04. The standard InChI is InChI=1S/C17H29ClN2/c1-13(15-7-6-8-16(18)9-15)20(5)12-14(11-19)10-17(2,3)4/h6-9,13-14H,10-12,19H2,1-5H3. The Bertz CT molecular complexity index is 412. The van der Waals surface area contributed by atoms with Crippen molar-refractivity contribution in [3.05, 3.63) is 34.9 Å². The summed E-state index contributed by atoms with van der Waals surface area (Å²) in [5.41, 5.74) is 7.52. The lowest BCUT2D eigenvalue weighted by Crippen LogP contribution is -2.34. The van der Waals surface area contributed by atoms with Crippen molar-refractivity contribution >= 4 is 11.6 Å². The third kappa shape index (κ3) is 5.82. The molecule has 0 saturated carbocycles. The van der Waals surface area contributed by atoms with Gasteiger partial charge in [0.15, 0.2) is 0 Å². The van der Waals surface area contributed by atoms with Crippen molar-refractivity contribution in [2.75, 3.05) is 20.1 Å². The fraction of sp³-hybridized carbons (Fsp3) is 0.647. The number of hydrogen-bond acceptors (Lipinski definition) is 2. The van der Waals surface area contributed by atoms with Crippen LogP contribution in [-0.2, 0) is 0 Å². The van der Waals surface area contributed by atoms with Crippen LogP contribution in [-0.4, -0.2) is 25.0 Å². The molecule has 2 unspecified atom stereocenters. The summed E-state index contributed by atoms with van der Waals surface area (Å²) in [6.45, 7) is 10.8. The molecule has 1 rings (SSSR count). The molecule has 0 aliphatic rings. The molecule has 0 heterocycles. The minimum Gasteiger partial charge on any atom is -0.330 e. The van der Waals surface area contributed by atoms with E-state index in [1.807, 2.05) is 18.2 Å². The summed E-state index contributed by atoms with van der Waals surface area (Å²) >= 11 is 6.08. The zero-order valence-corrected chi connectivity index (χ0v) is 14.2. The Balaban J connectivity index is 2.66. The van der Waals surface area contributed by atoms with Gasteiger partial charge in [-0.2, -0.15) is 0 Å². The van der Waals surface area contributed by atoms with E-state index in [2.05, 4.69) is 45.7 Å². The zero-order chi connectivity index (χ0) is 15.3. The fourth-order valence-electron chi connectivity index (χ4n) is 2.67. The van der Waals surface area contributed by atoms with Crippen molar-refractivity contribution in [2.45, 2.75) is 40.2 Å². The molecule has 1 aromatic rings. The van der Waals surface area contributed by atoms with Crippen molar-refractivity contribution in [3.8, 4) is 0 Å². The van der Waals surface area contributed by atoms with Gasteiger partial charge in [0.05, 0.1) is 0 Å². The van der Waals surface area contributed by atoms with Gasteiger partial charge >= 0.3 is 0 Å². The zero-order valence-electron chi connectivity index (χ0n) is 13.5. The normalized spacial score (nSPS) is 15.4. The van der Waals surface area contributed by atoms with Gasteiger partial charge in [0, 0.05) is 17.6 Å². The van der Waals surface area contributed by atoms with Crippen molar-refractivity contribution in [1.29, 1.82) is 0 Å². The number of benzene rings is 1. The van der Waals surface area contributed by atoms with Crippen LogP contribution in [0.25, 0.3) is 0 Å². The highest BCUT2D eigenvalue weighted by molar-refractivity contribution is 6.30. The van der Waals surface area contributed by atoms with Gasteiger partial charge in [-0.1, -0.05) is 44.5 Å². The molecule has 0 aromatic heterocycles. The van der Waals surface area contributed by atoms with Crippen molar-refractivity contribution in [1.82, 2.24) is 4.90 Å². The molecular formula is C17H29ClN2. The largest absolute Gasteiger partial charge is 0.330 e. The van der Waals surface area contributed by atoms with E-state index in [9.17, 15) is 0 Å². The summed E-state index contributed by atoms with van der Waals surface area (Å²) in [7, 11) is 2.16. The van der Waals surface area contributed by atoms with Crippen LogP contribution in [0.2, 0.25) is 5.02 Å². The lowest BCUT2D eigenvalue weighted by atomic mass is 9.84. The van der Waals surface area contributed by atoms with Crippen molar-refractivity contribution in [2.24, 2.45) is 17.1 Å². The molecule has 0 fully saturated rings. The SMILES string of the molecule is CC(c1cccc(Cl)c1)N(C)CC(CN)CC(C)(C)C. The van der Waals surface area contributed by atoms with E-state index in [1.54, 1.807) is 0 Å².